The molecular formula is C13H9BrF2O2. The van der Waals surface area contributed by atoms with Crippen molar-refractivity contribution >= 4 is 15.9 Å². The third kappa shape index (κ3) is 2.86. The van der Waals surface area contributed by atoms with Crippen molar-refractivity contribution in [2.75, 3.05) is 0 Å². The minimum atomic E-state index is -0.977. The van der Waals surface area contributed by atoms with Crippen molar-refractivity contribution < 1.29 is 18.6 Å². The van der Waals surface area contributed by atoms with Gasteiger partial charge in [-0.1, -0.05) is 15.9 Å². The average Bonchev–Trinajstić information content (AvgIpc) is 2.36. The number of benzene rings is 2. The first-order valence-electron chi connectivity index (χ1n) is 5.12. The van der Waals surface area contributed by atoms with E-state index in [4.69, 9.17) is 4.74 Å². The first-order valence-corrected chi connectivity index (χ1v) is 5.91. The molecule has 2 rings (SSSR count). The van der Waals surface area contributed by atoms with Crippen LogP contribution in [0, 0.1) is 11.6 Å². The highest BCUT2D eigenvalue weighted by atomic mass is 79.9. The molecule has 2 aromatic carbocycles. The summed E-state index contributed by atoms with van der Waals surface area (Å²) in [5.41, 5.74) is 0.550. The summed E-state index contributed by atoms with van der Waals surface area (Å²) in [7, 11) is 0. The van der Waals surface area contributed by atoms with E-state index in [0.717, 1.165) is 16.6 Å². The zero-order chi connectivity index (χ0) is 13.1. The summed E-state index contributed by atoms with van der Waals surface area (Å²) in [4.78, 5) is 0. The van der Waals surface area contributed by atoms with Crippen LogP contribution in [0.5, 0.6) is 11.5 Å². The highest BCUT2D eigenvalue weighted by Crippen LogP contribution is 2.28. The molecule has 0 radical (unpaired) electrons. The molecule has 94 valence electrons. The van der Waals surface area contributed by atoms with Gasteiger partial charge in [0.1, 0.15) is 11.5 Å². The van der Waals surface area contributed by atoms with Crippen LogP contribution in [0.25, 0.3) is 0 Å². The van der Waals surface area contributed by atoms with Gasteiger partial charge in [-0.05, 0) is 30.3 Å². The van der Waals surface area contributed by atoms with Crippen molar-refractivity contribution in [1.82, 2.24) is 0 Å². The van der Waals surface area contributed by atoms with E-state index in [0.29, 0.717) is 11.3 Å². The highest BCUT2D eigenvalue weighted by molar-refractivity contribution is 9.10. The molecule has 0 atom stereocenters. The van der Waals surface area contributed by atoms with Crippen LogP contribution in [0.2, 0.25) is 0 Å². The van der Waals surface area contributed by atoms with E-state index in [1.54, 1.807) is 18.2 Å². The van der Waals surface area contributed by atoms with Crippen LogP contribution in [0.4, 0.5) is 8.78 Å². The van der Waals surface area contributed by atoms with Gasteiger partial charge in [0, 0.05) is 16.1 Å². The average molecular weight is 315 g/mol. The van der Waals surface area contributed by atoms with Gasteiger partial charge in [-0.3, -0.25) is 0 Å². The lowest BCUT2D eigenvalue weighted by molar-refractivity contribution is 0.276. The number of halogens is 3. The summed E-state index contributed by atoms with van der Waals surface area (Å²) >= 11 is 3.27. The molecule has 2 aromatic rings. The summed E-state index contributed by atoms with van der Waals surface area (Å²) in [6.45, 7) is -0.210. The third-order valence-corrected chi connectivity index (χ3v) is 2.81. The predicted octanol–water partition coefficient (Wildman–Crippen LogP) is 4.01. The van der Waals surface area contributed by atoms with Crippen LogP contribution in [0.15, 0.2) is 40.9 Å². The minimum Gasteiger partial charge on any atom is -0.457 e. The van der Waals surface area contributed by atoms with Crippen LogP contribution in [-0.4, -0.2) is 5.11 Å². The zero-order valence-electron chi connectivity index (χ0n) is 9.16. The molecule has 2 nitrogen and oxygen atoms in total. The van der Waals surface area contributed by atoms with Crippen LogP contribution >= 0.6 is 15.9 Å². The smallest absolute Gasteiger partial charge is 0.162 e. The lowest BCUT2D eigenvalue weighted by atomic mass is 10.2. The topological polar surface area (TPSA) is 29.5 Å². The maximum Gasteiger partial charge on any atom is 0.162 e. The lowest BCUT2D eigenvalue weighted by Crippen LogP contribution is -1.93. The van der Waals surface area contributed by atoms with Gasteiger partial charge in [0.2, 0.25) is 0 Å². The Balaban J connectivity index is 2.30. The fourth-order valence-corrected chi connectivity index (χ4v) is 1.85. The van der Waals surface area contributed by atoms with E-state index in [2.05, 4.69) is 15.9 Å². The van der Waals surface area contributed by atoms with Crippen LogP contribution in [0.1, 0.15) is 5.56 Å². The summed E-state index contributed by atoms with van der Waals surface area (Å²) in [5.74, 6) is -1.34. The third-order valence-electron chi connectivity index (χ3n) is 2.31. The molecule has 5 heteroatoms. The fourth-order valence-electron chi connectivity index (χ4n) is 1.44. The van der Waals surface area contributed by atoms with Crippen LogP contribution in [-0.2, 0) is 6.61 Å². The van der Waals surface area contributed by atoms with Crippen LogP contribution < -0.4 is 4.74 Å². The highest BCUT2D eigenvalue weighted by Gasteiger charge is 2.07. The maximum absolute atomic E-state index is 13.0. The largest absolute Gasteiger partial charge is 0.457 e. The number of ether oxygens (including phenoxy) is 1. The molecule has 0 aliphatic heterocycles. The van der Waals surface area contributed by atoms with Crippen molar-refractivity contribution in [3.8, 4) is 11.5 Å². The first kappa shape index (κ1) is 13.0. The standard InChI is InChI=1S/C13H9BrF2O2/c14-9-1-4-13(8(5-9)7-17)18-10-2-3-11(15)12(16)6-10/h1-6,17H,7H2. The molecule has 0 spiro atoms. The van der Waals surface area contributed by atoms with Gasteiger partial charge in [0.05, 0.1) is 6.61 Å². The number of rotatable bonds is 3. The Labute approximate surface area is 111 Å². The Morgan fingerprint density at radius 1 is 1.06 bits per heavy atom. The SMILES string of the molecule is OCc1cc(Br)ccc1Oc1ccc(F)c(F)c1. The molecule has 0 aromatic heterocycles. The van der Waals surface area contributed by atoms with E-state index < -0.39 is 11.6 Å². The number of hydrogen-bond acceptors (Lipinski definition) is 2. The van der Waals surface area contributed by atoms with Crippen molar-refractivity contribution in [3.05, 3.63) is 58.1 Å². The van der Waals surface area contributed by atoms with Crippen molar-refractivity contribution in [2.24, 2.45) is 0 Å². The number of hydrogen-bond donors (Lipinski definition) is 1. The molecule has 18 heavy (non-hydrogen) atoms. The molecule has 0 heterocycles. The Morgan fingerprint density at radius 3 is 2.50 bits per heavy atom. The first-order chi connectivity index (χ1) is 8.60. The van der Waals surface area contributed by atoms with Gasteiger partial charge in [-0.25, -0.2) is 8.78 Å². The fraction of sp³-hybridized carbons (Fsp3) is 0.0769. The number of aliphatic hydroxyl groups is 1. The van der Waals surface area contributed by atoms with E-state index in [9.17, 15) is 13.9 Å². The Bertz CT molecular complexity index is 573. The molecular weight excluding hydrogens is 306 g/mol. The van der Waals surface area contributed by atoms with Gasteiger partial charge in [0.25, 0.3) is 0 Å². The summed E-state index contributed by atoms with van der Waals surface area (Å²) < 4.78 is 32.0. The minimum absolute atomic E-state index is 0.172. The van der Waals surface area contributed by atoms with Gasteiger partial charge in [-0.2, -0.15) is 0 Å². The molecule has 1 N–H and O–H groups in total. The van der Waals surface area contributed by atoms with Crippen molar-refractivity contribution in [1.29, 1.82) is 0 Å². The molecule has 0 saturated heterocycles. The Kier molecular flexibility index (Phi) is 3.93. The molecule has 0 saturated carbocycles. The van der Waals surface area contributed by atoms with E-state index in [1.807, 2.05) is 0 Å². The monoisotopic (exact) mass is 314 g/mol. The normalized spacial score (nSPS) is 10.4. The molecule has 0 aliphatic carbocycles. The van der Waals surface area contributed by atoms with Crippen LogP contribution in [0.3, 0.4) is 0 Å². The second-order valence-electron chi connectivity index (χ2n) is 3.59. The second-order valence-corrected chi connectivity index (χ2v) is 4.50. The van der Waals surface area contributed by atoms with E-state index in [1.165, 1.54) is 6.07 Å². The maximum atomic E-state index is 13.0. The Morgan fingerprint density at radius 2 is 1.83 bits per heavy atom. The molecule has 0 amide bonds. The molecule has 0 fully saturated rings. The molecule has 0 unspecified atom stereocenters. The quantitative estimate of drug-likeness (QED) is 0.927. The summed E-state index contributed by atoms with van der Waals surface area (Å²) in [6.07, 6.45) is 0. The predicted molar refractivity (Wildman–Crippen MR) is 66.5 cm³/mol. The second kappa shape index (κ2) is 5.46. The van der Waals surface area contributed by atoms with E-state index >= 15 is 0 Å². The zero-order valence-corrected chi connectivity index (χ0v) is 10.7. The van der Waals surface area contributed by atoms with Crippen molar-refractivity contribution in [3.63, 3.8) is 0 Å². The van der Waals surface area contributed by atoms with Gasteiger partial charge in [0.15, 0.2) is 11.6 Å². The molecule has 0 aliphatic rings. The lowest BCUT2D eigenvalue weighted by Gasteiger charge is -2.10. The van der Waals surface area contributed by atoms with Gasteiger partial charge >= 0.3 is 0 Å². The molecule has 0 bridgehead atoms. The van der Waals surface area contributed by atoms with Gasteiger partial charge in [-0.15, -0.1) is 0 Å². The van der Waals surface area contributed by atoms with Gasteiger partial charge < -0.3 is 9.84 Å². The summed E-state index contributed by atoms with van der Waals surface area (Å²) in [5, 5.41) is 9.18. The van der Waals surface area contributed by atoms with Crippen molar-refractivity contribution in [2.45, 2.75) is 6.61 Å². The Hall–Kier alpha value is -1.46. The summed E-state index contributed by atoms with van der Waals surface area (Å²) in [6, 6.07) is 8.32. The van der Waals surface area contributed by atoms with E-state index in [-0.39, 0.29) is 12.4 Å². The number of aliphatic hydroxyl groups excluding tert-OH is 1.